The van der Waals surface area contributed by atoms with Crippen LogP contribution in [0.3, 0.4) is 0 Å². The van der Waals surface area contributed by atoms with Crippen molar-refractivity contribution in [2.45, 2.75) is 0 Å². The van der Waals surface area contributed by atoms with Crippen molar-refractivity contribution in [2.24, 2.45) is 0 Å². The molecular formula is C5H8O11. The molecule has 0 radical (unpaired) electrons. The lowest BCUT2D eigenvalue weighted by Crippen LogP contribution is -2.09. The molecule has 0 unspecified atom stereocenters. The van der Waals surface area contributed by atoms with Crippen LogP contribution in [0.2, 0.25) is 0 Å². The maximum absolute atomic E-state index is 9.10. The van der Waals surface area contributed by atoms with Crippen LogP contribution in [0.4, 0.5) is 4.79 Å². The van der Waals surface area contributed by atoms with Gasteiger partial charge in [-0.15, -0.1) is 0 Å². The Bertz CT molecular complexity index is 196. The van der Waals surface area contributed by atoms with Gasteiger partial charge < -0.3 is 30.6 Å². The van der Waals surface area contributed by atoms with E-state index in [1.54, 1.807) is 0 Å². The third-order valence-electron chi connectivity index (χ3n) is 0.183. The quantitative estimate of drug-likeness (QED) is 0.219. The maximum Gasteiger partial charge on any atom is 0.503 e. The summed E-state index contributed by atoms with van der Waals surface area (Å²) in [5.41, 5.74) is 0. The Morgan fingerprint density at radius 3 is 0.750 bits per heavy atom. The minimum atomic E-state index is -1.83. The number of rotatable bonds is 0. The first-order valence-corrected chi connectivity index (χ1v) is 2.74. The largest absolute Gasteiger partial charge is 0.503 e. The third-order valence-corrected chi connectivity index (χ3v) is 0.183. The zero-order valence-electron chi connectivity index (χ0n) is 7.38. The summed E-state index contributed by atoms with van der Waals surface area (Å²) in [4.78, 5) is 43.5. The molecule has 94 valence electrons. The van der Waals surface area contributed by atoms with Crippen molar-refractivity contribution in [1.29, 1.82) is 0 Å². The summed E-state index contributed by atoms with van der Waals surface area (Å²) in [6, 6.07) is 0. The highest BCUT2D eigenvalue weighted by molar-refractivity contribution is 6.27. The lowest BCUT2D eigenvalue weighted by molar-refractivity contribution is -0.159. The summed E-state index contributed by atoms with van der Waals surface area (Å²) in [5.74, 6) is -3.65. The van der Waals surface area contributed by atoms with E-state index in [-0.39, 0.29) is 12.9 Å². The molecule has 0 atom stereocenters. The SMILES string of the molecule is O=C(O)C(=O)O.O=C(O)O.O=CO.O=CO. The second kappa shape index (κ2) is 22.7. The first-order valence-electron chi connectivity index (χ1n) is 2.74. The molecule has 0 aromatic rings. The van der Waals surface area contributed by atoms with E-state index in [1.165, 1.54) is 0 Å². The molecule has 11 heteroatoms. The molecule has 16 heavy (non-hydrogen) atoms. The first kappa shape index (κ1) is 23.2. The summed E-state index contributed by atoms with van der Waals surface area (Å²) in [6.07, 6.45) is -1.83. The molecular weight excluding hydrogens is 236 g/mol. The van der Waals surface area contributed by atoms with Gasteiger partial charge >= 0.3 is 18.1 Å². The predicted molar refractivity (Wildman–Crippen MR) is 43.3 cm³/mol. The maximum atomic E-state index is 9.10. The van der Waals surface area contributed by atoms with Crippen molar-refractivity contribution in [2.75, 3.05) is 0 Å². The number of hydrogen-bond acceptors (Lipinski definition) is 5. The van der Waals surface area contributed by atoms with Crippen molar-refractivity contribution in [3.05, 3.63) is 0 Å². The van der Waals surface area contributed by atoms with Crippen molar-refractivity contribution >= 4 is 31.0 Å². The summed E-state index contributed by atoms with van der Waals surface area (Å²) in [5, 5.41) is 42.5. The Morgan fingerprint density at radius 2 is 0.750 bits per heavy atom. The molecule has 0 saturated carbocycles. The Balaban J connectivity index is -0.0000000635. The minimum Gasteiger partial charge on any atom is -0.483 e. The van der Waals surface area contributed by atoms with Gasteiger partial charge in [-0.3, -0.25) is 9.59 Å². The molecule has 0 aromatic carbocycles. The number of hydrogen-bond donors (Lipinski definition) is 6. The van der Waals surface area contributed by atoms with E-state index >= 15 is 0 Å². The molecule has 6 N–H and O–H groups in total. The van der Waals surface area contributed by atoms with E-state index in [4.69, 9.17) is 54.6 Å². The van der Waals surface area contributed by atoms with E-state index in [0.717, 1.165) is 0 Å². The van der Waals surface area contributed by atoms with Gasteiger partial charge in [-0.1, -0.05) is 0 Å². The molecule has 0 heterocycles. The molecule has 0 saturated heterocycles. The Hall–Kier alpha value is -2.85. The smallest absolute Gasteiger partial charge is 0.483 e. The lowest BCUT2D eigenvalue weighted by Gasteiger charge is -1.72. The predicted octanol–water partition coefficient (Wildman–Crippen LogP) is -1.22. The highest BCUT2D eigenvalue weighted by atomic mass is 16.6. The molecule has 11 nitrogen and oxygen atoms in total. The summed E-state index contributed by atoms with van der Waals surface area (Å²) < 4.78 is 0. The summed E-state index contributed by atoms with van der Waals surface area (Å²) >= 11 is 0. The number of carboxylic acids is 2. The van der Waals surface area contributed by atoms with Gasteiger partial charge in [0.15, 0.2) is 0 Å². The van der Waals surface area contributed by atoms with Gasteiger partial charge in [0.25, 0.3) is 12.9 Å². The molecule has 0 fully saturated rings. The Labute approximate surface area is 86.8 Å². The first-order chi connectivity index (χ1) is 7.20. The third kappa shape index (κ3) is 869. The van der Waals surface area contributed by atoms with Gasteiger partial charge in [-0.2, -0.15) is 0 Å². The fourth-order valence-corrected chi connectivity index (χ4v) is 0. The van der Waals surface area contributed by atoms with Crippen LogP contribution in [0.25, 0.3) is 0 Å². The number of aliphatic carboxylic acids is 2. The Kier molecular flexibility index (Phi) is 33.0. The molecule has 0 aliphatic carbocycles. The van der Waals surface area contributed by atoms with Gasteiger partial charge in [0.05, 0.1) is 0 Å². The average molecular weight is 244 g/mol. The van der Waals surface area contributed by atoms with Crippen LogP contribution < -0.4 is 0 Å². The van der Waals surface area contributed by atoms with E-state index in [2.05, 4.69) is 0 Å². The highest BCUT2D eigenvalue weighted by Crippen LogP contribution is 1.56. The van der Waals surface area contributed by atoms with Crippen molar-refractivity contribution in [3.8, 4) is 0 Å². The van der Waals surface area contributed by atoms with Crippen LogP contribution in [0.1, 0.15) is 0 Å². The molecule has 0 aliphatic heterocycles. The fourth-order valence-electron chi connectivity index (χ4n) is 0. The zero-order chi connectivity index (χ0) is 14.1. The second-order valence-electron chi connectivity index (χ2n) is 1.10. The van der Waals surface area contributed by atoms with Gasteiger partial charge in [0.2, 0.25) is 0 Å². The normalized spacial score (nSPS) is 5.75. The van der Waals surface area contributed by atoms with Crippen molar-refractivity contribution < 1.29 is 54.6 Å². The molecule has 0 aromatic heterocycles. The van der Waals surface area contributed by atoms with E-state index in [0.29, 0.717) is 0 Å². The summed E-state index contributed by atoms with van der Waals surface area (Å²) in [6.45, 7) is -0.500. The monoisotopic (exact) mass is 244 g/mol. The van der Waals surface area contributed by atoms with Crippen LogP contribution in [-0.2, 0) is 19.2 Å². The number of carbonyl (C=O) groups is 5. The van der Waals surface area contributed by atoms with Gasteiger partial charge in [0.1, 0.15) is 0 Å². The zero-order valence-corrected chi connectivity index (χ0v) is 7.38. The summed E-state index contributed by atoms with van der Waals surface area (Å²) in [7, 11) is 0. The van der Waals surface area contributed by atoms with Crippen LogP contribution in [0, 0.1) is 0 Å². The molecule has 0 rings (SSSR count). The van der Waals surface area contributed by atoms with Crippen LogP contribution in [-0.4, -0.2) is 61.7 Å². The van der Waals surface area contributed by atoms with Crippen molar-refractivity contribution in [1.82, 2.24) is 0 Å². The number of carboxylic acid groups (broad SMARTS) is 6. The minimum absolute atomic E-state index is 0.250. The topological polar surface area (TPSA) is 207 Å². The molecule has 0 aliphatic rings. The highest BCUT2D eigenvalue weighted by Gasteiger charge is 2.04. The van der Waals surface area contributed by atoms with Crippen LogP contribution in [0.15, 0.2) is 0 Å². The van der Waals surface area contributed by atoms with Gasteiger partial charge in [-0.05, 0) is 0 Å². The van der Waals surface area contributed by atoms with E-state index in [9.17, 15) is 0 Å². The average Bonchev–Trinajstić information content (AvgIpc) is 2.05. The van der Waals surface area contributed by atoms with Crippen molar-refractivity contribution in [3.63, 3.8) is 0 Å². The van der Waals surface area contributed by atoms with Gasteiger partial charge in [0, 0.05) is 0 Å². The van der Waals surface area contributed by atoms with Crippen LogP contribution in [0.5, 0.6) is 0 Å². The second-order valence-corrected chi connectivity index (χ2v) is 1.10. The fraction of sp³-hybridized carbons (Fsp3) is 0. The Morgan fingerprint density at radius 1 is 0.688 bits per heavy atom. The molecule has 0 amide bonds. The molecule has 0 spiro atoms. The standard InChI is InChI=1S/C2H2O4.CH2O3.2CH2O2/c3-1(4)2(5)6;2-1(3)4;2*2-1-3/h(H,3,4)(H,5,6);(H2,2,3,4);2*1H,(H,2,3). The van der Waals surface area contributed by atoms with E-state index in [1.807, 2.05) is 0 Å². The lowest BCUT2D eigenvalue weighted by atomic mass is 10.7. The van der Waals surface area contributed by atoms with Crippen LogP contribution >= 0.6 is 0 Å². The van der Waals surface area contributed by atoms with E-state index < -0.39 is 18.1 Å². The molecule has 0 bridgehead atoms. The van der Waals surface area contributed by atoms with Gasteiger partial charge in [-0.25, -0.2) is 14.4 Å².